The number of benzene rings is 2. The second-order valence-corrected chi connectivity index (χ2v) is 16.4. The molecule has 5 aromatic heterocycles. The van der Waals surface area contributed by atoms with Crippen molar-refractivity contribution in [3.63, 3.8) is 0 Å². The van der Waals surface area contributed by atoms with Crippen molar-refractivity contribution in [1.82, 2.24) is 39.0 Å². The van der Waals surface area contributed by atoms with E-state index in [1.165, 1.54) is 19.3 Å². The predicted octanol–water partition coefficient (Wildman–Crippen LogP) is 7.56. The number of aryl methyl sites for hydroxylation is 2. The van der Waals surface area contributed by atoms with Gasteiger partial charge in [0.1, 0.15) is 24.0 Å². The molecule has 1 fully saturated rings. The molecule has 64 heavy (non-hydrogen) atoms. The average Bonchev–Trinajstić information content (AvgIpc) is 3.90. The molecule has 0 spiro atoms. The fraction of sp³-hybridized carbons (Fsp3) is 0.333. The third-order valence-corrected chi connectivity index (χ3v) is 11.5. The number of fused-ring (bicyclic) bond motifs is 2. The summed E-state index contributed by atoms with van der Waals surface area (Å²) in [6, 6.07) is 19.7. The normalized spacial score (nSPS) is 12.8. The number of anilines is 6. The SMILES string of the molecule is C=C(COc1ccc(CNc2cc(N3CCCCC3)nc3c(CC)cnn23)cn1)C(=O)Nc1cc(Nc2nccc(-c3cn(C)c4ccccc34)n2)c(OC)cc1N(C)CCN(C)C. The number of nitrogens with one attached hydrogen (secondary N) is 3. The molecule has 3 N–H and O–H groups in total. The summed E-state index contributed by atoms with van der Waals surface area (Å²) < 4.78 is 15.8. The number of carbonyl (C=O) groups excluding carboxylic acids is 1. The number of ether oxygens (including phenoxy) is 2. The van der Waals surface area contributed by atoms with Gasteiger partial charge in [-0.3, -0.25) is 4.79 Å². The Hall–Kier alpha value is -7.20. The fourth-order valence-electron chi connectivity index (χ4n) is 7.84. The molecule has 2 aromatic carbocycles. The number of amides is 1. The van der Waals surface area contributed by atoms with Crippen molar-refractivity contribution >= 4 is 57.1 Å². The Labute approximate surface area is 374 Å². The molecule has 1 aliphatic heterocycles. The number of pyridine rings is 1. The first-order chi connectivity index (χ1) is 31.1. The van der Waals surface area contributed by atoms with Crippen LogP contribution in [0.2, 0.25) is 0 Å². The standard InChI is InChI=1S/C48H57N13O3/c1-8-34-29-52-61-43(26-44(56-46(34)61)60-20-12-9-13-21-60)50-27-33-16-17-45(51-28-33)64-31-32(2)47(62)53-38-24-39(42(63-7)25-41(38)58(5)23-22-57(3)4)55-48-49-19-18-37(54-48)36-30-59(6)40-15-11-10-14-35(36)40/h10-11,14-19,24-26,28-30,50H,2,8-9,12-13,20-23,27,31H2,1,3-7H3,(H,53,62)(H,49,54,55). The van der Waals surface area contributed by atoms with Crippen LogP contribution in [0.5, 0.6) is 11.6 Å². The average molecular weight is 864 g/mol. The number of nitrogens with zero attached hydrogens (tertiary/aromatic N) is 10. The minimum Gasteiger partial charge on any atom is -0.494 e. The quantitative estimate of drug-likeness (QED) is 0.0728. The van der Waals surface area contributed by atoms with Gasteiger partial charge < -0.3 is 44.7 Å². The first-order valence-electron chi connectivity index (χ1n) is 21.7. The van der Waals surface area contributed by atoms with Crippen LogP contribution in [-0.4, -0.2) is 106 Å². The Kier molecular flexibility index (Phi) is 13.2. The van der Waals surface area contributed by atoms with Crippen molar-refractivity contribution in [2.45, 2.75) is 39.2 Å². The molecule has 0 aliphatic carbocycles. The third-order valence-electron chi connectivity index (χ3n) is 11.5. The molecule has 16 heteroatoms. The molecule has 0 bridgehead atoms. The Balaban J connectivity index is 0.944. The Morgan fingerprint density at radius 2 is 1.77 bits per heavy atom. The van der Waals surface area contributed by atoms with E-state index < -0.39 is 5.91 Å². The smallest absolute Gasteiger partial charge is 0.254 e. The molecule has 0 unspecified atom stereocenters. The number of likely N-dealkylation sites (N-methyl/N-ethyl adjacent to an activating group) is 2. The monoisotopic (exact) mass is 863 g/mol. The van der Waals surface area contributed by atoms with Gasteiger partial charge in [0.15, 0.2) is 5.65 Å². The zero-order chi connectivity index (χ0) is 44.7. The summed E-state index contributed by atoms with van der Waals surface area (Å²) in [6.45, 7) is 10.1. The molecule has 1 amide bonds. The van der Waals surface area contributed by atoms with Crippen LogP contribution in [0.4, 0.5) is 34.6 Å². The first kappa shape index (κ1) is 43.4. The van der Waals surface area contributed by atoms with Gasteiger partial charge in [0, 0.05) is 111 Å². The minimum absolute atomic E-state index is 0.0639. The Morgan fingerprint density at radius 3 is 2.53 bits per heavy atom. The minimum atomic E-state index is -0.397. The van der Waals surface area contributed by atoms with Gasteiger partial charge >= 0.3 is 0 Å². The number of piperidine rings is 1. The van der Waals surface area contributed by atoms with Crippen molar-refractivity contribution in [2.75, 3.05) is 86.8 Å². The molecule has 332 valence electrons. The number of rotatable bonds is 18. The molecule has 7 aromatic rings. The second-order valence-electron chi connectivity index (χ2n) is 16.4. The highest BCUT2D eigenvalue weighted by molar-refractivity contribution is 6.06. The molecular formula is C48H57N13O3. The van der Waals surface area contributed by atoms with Gasteiger partial charge in [-0.25, -0.2) is 19.9 Å². The van der Waals surface area contributed by atoms with E-state index in [2.05, 4.69) is 88.2 Å². The number of aromatic nitrogens is 7. The molecule has 0 radical (unpaired) electrons. The van der Waals surface area contributed by atoms with E-state index in [0.29, 0.717) is 42.0 Å². The fourth-order valence-corrected chi connectivity index (χ4v) is 7.84. The van der Waals surface area contributed by atoms with Gasteiger partial charge in [0.25, 0.3) is 5.91 Å². The van der Waals surface area contributed by atoms with Crippen LogP contribution >= 0.6 is 0 Å². The summed E-state index contributed by atoms with van der Waals surface area (Å²) in [7, 11) is 9.65. The zero-order valence-corrected chi connectivity index (χ0v) is 37.6. The van der Waals surface area contributed by atoms with Crippen molar-refractivity contribution in [1.29, 1.82) is 0 Å². The maximum atomic E-state index is 13.8. The molecule has 0 atom stereocenters. The summed E-state index contributed by atoms with van der Waals surface area (Å²) >= 11 is 0. The lowest BCUT2D eigenvalue weighted by molar-refractivity contribution is -0.113. The van der Waals surface area contributed by atoms with Crippen LogP contribution in [0.15, 0.2) is 97.6 Å². The molecule has 16 nitrogen and oxygen atoms in total. The molecule has 8 rings (SSSR count). The van der Waals surface area contributed by atoms with Crippen molar-refractivity contribution in [3.8, 4) is 22.9 Å². The highest BCUT2D eigenvalue weighted by Crippen LogP contribution is 2.39. The van der Waals surface area contributed by atoms with E-state index in [4.69, 9.17) is 19.4 Å². The van der Waals surface area contributed by atoms with Gasteiger partial charge in [-0.1, -0.05) is 37.8 Å². The summed E-state index contributed by atoms with van der Waals surface area (Å²) in [6.07, 6.45) is 11.9. The molecular weight excluding hydrogens is 807 g/mol. The lowest BCUT2D eigenvalue weighted by Crippen LogP contribution is -2.30. The number of hydrogen-bond acceptors (Lipinski definition) is 13. The summed E-state index contributed by atoms with van der Waals surface area (Å²) in [4.78, 5) is 39.3. The van der Waals surface area contributed by atoms with Gasteiger partial charge in [0.05, 0.1) is 36.1 Å². The molecule has 1 saturated heterocycles. The number of methoxy groups -OCH3 is 1. The number of para-hydroxylation sites is 1. The molecule has 6 heterocycles. The third kappa shape index (κ3) is 9.71. The van der Waals surface area contributed by atoms with E-state index in [-0.39, 0.29) is 12.2 Å². The van der Waals surface area contributed by atoms with Crippen LogP contribution in [0.25, 0.3) is 27.8 Å². The maximum Gasteiger partial charge on any atom is 0.254 e. The van der Waals surface area contributed by atoms with E-state index in [1.807, 2.05) is 75.3 Å². The van der Waals surface area contributed by atoms with Gasteiger partial charge in [-0.15, -0.1) is 0 Å². The zero-order valence-electron chi connectivity index (χ0n) is 37.6. The molecule has 1 aliphatic rings. The van der Waals surface area contributed by atoms with Crippen LogP contribution < -0.4 is 35.2 Å². The maximum absolute atomic E-state index is 13.8. The van der Waals surface area contributed by atoms with Crippen LogP contribution in [0.1, 0.15) is 37.3 Å². The highest BCUT2D eigenvalue weighted by atomic mass is 16.5. The topological polar surface area (TPSA) is 155 Å². The van der Waals surface area contributed by atoms with Crippen LogP contribution in [0.3, 0.4) is 0 Å². The van der Waals surface area contributed by atoms with E-state index in [9.17, 15) is 4.79 Å². The summed E-state index contributed by atoms with van der Waals surface area (Å²) in [5, 5.41) is 15.7. The lowest BCUT2D eigenvalue weighted by atomic mass is 10.1. The van der Waals surface area contributed by atoms with E-state index >= 15 is 0 Å². The lowest BCUT2D eigenvalue weighted by Gasteiger charge is -2.28. The Bertz CT molecular complexity index is 2760. The largest absolute Gasteiger partial charge is 0.494 e. The highest BCUT2D eigenvalue weighted by Gasteiger charge is 2.21. The van der Waals surface area contributed by atoms with E-state index in [1.54, 1.807) is 25.6 Å². The van der Waals surface area contributed by atoms with E-state index in [0.717, 1.165) is 82.3 Å². The number of carbonyl (C=O) groups is 1. The second kappa shape index (κ2) is 19.5. The van der Waals surface area contributed by atoms with Gasteiger partial charge in [-0.05, 0) is 63.5 Å². The van der Waals surface area contributed by atoms with Crippen molar-refractivity contribution in [2.24, 2.45) is 7.05 Å². The van der Waals surface area contributed by atoms with Crippen molar-refractivity contribution < 1.29 is 14.3 Å². The van der Waals surface area contributed by atoms with Crippen LogP contribution in [0, 0.1) is 0 Å². The van der Waals surface area contributed by atoms with Crippen LogP contribution in [-0.2, 0) is 24.8 Å². The Morgan fingerprint density at radius 1 is 0.938 bits per heavy atom. The molecule has 0 saturated carbocycles. The summed E-state index contributed by atoms with van der Waals surface area (Å²) in [5.74, 6) is 2.76. The summed E-state index contributed by atoms with van der Waals surface area (Å²) in [5.41, 5.74) is 7.93. The van der Waals surface area contributed by atoms with Gasteiger partial charge in [0.2, 0.25) is 11.8 Å². The first-order valence-corrected chi connectivity index (χ1v) is 21.7. The van der Waals surface area contributed by atoms with Crippen molar-refractivity contribution in [3.05, 3.63) is 109 Å². The van der Waals surface area contributed by atoms with Gasteiger partial charge in [-0.2, -0.15) is 9.61 Å². The number of hydrogen-bond donors (Lipinski definition) is 3. The predicted molar refractivity (Wildman–Crippen MR) is 255 cm³/mol.